The minimum atomic E-state index is -4.40. The van der Waals surface area contributed by atoms with Crippen LogP contribution in [0.25, 0.3) is 0 Å². The number of nitro groups is 1. The van der Waals surface area contributed by atoms with Crippen LogP contribution in [0.4, 0.5) is 18.9 Å². The summed E-state index contributed by atoms with van der Waals surface area (Å²) in [5.74, 6) is 0. The van der Waals surface area contributed by atoms with Crippen LogP contribution in [-0.2, 0) is 6.18 Å². The van der Waals surface area contributed by atoms with Gasteiger partial charge < -0.3 is 10.2 Å². The molecule has 1 aromatic carbocycles. The average molecular weight is 275 g/mol. The first-order chi connectivity index (χ1) is 8.89. The number of benzene rings is 1. The number of alkyl halides is 3. The predicted molar refractivity (Wildman–Crippen MR) is 62.4 cm³/mol. The molecule has 8 heteroatoms. The molecule has 0 amide bonds. The van der Waals surface area contributed by atoms with Crippen molar-refractivity contribution in [2.75, 3.05) is 24.5 Å². The molecule has 1 heterocycles. The molecule has 0 saturated carbocycles. The zero-order valence-corrected chi connectivity index (χ0v) is 9.85. The second kappa shape index (κ2) is 5.04. The molecule has 104 valence electrons. The van der Waals surface area contributed by atoms with Crippen LogP contribution in [0.2, 0.25) is 0 Å². The van der Waals surface area contributed by atoms with E-state index in [0.29, 0.717) is 18.8 Å². The van der Waals surface area contributed by atoms with Crippen molar-refractivity contribution in [3.8, 4) is 0 Å². The maximum Gasteiger partial charge on any atom is 0.416 e. The van der Waals surface area contributed by atoms with E-state index in [9.17, 15) is 23.3 Å². The van der Waals surface area contributed by atoms with Crippen LogP contribution in [0.1, 0.15) is 5.56 Å². The molecule has 1 aliphatic rings. The number of hydrogen-bond donors (Lipinski definition) is 1. The van der Waals surface area contributed by atoms with Crippen LogP contribution in [0, 0.1) is 10.1 Å². The van der Waals surface area contributed by atoms with Gasteiger partial charge in [0.2, 0.25) is 0 Å². The summed E-state index contributed by atoms with van der Waals surface area (Å²) in [5.41, 5.74) is -0.333. The zero-order chi connectivity index (χ0) is 14.0. The van der Waals surface area contributed by atoms with Gasteiger partial charge in [0.15, 0.2) is 0 Å². The van der Waals surface area contributed by atoms with Crippen molar-refractivity contribution in [3.63, 3.8) is 0 Å². The van der Waals surface area contributed by atoms with Gasteiger partial charge in [-0.2, -0.15) is 13.2 Å². The molecule has 1 unspecified atom stereocenters. The Morgan fingerprint density at radius 3 is 2.47 bits per heavy atom. The minimum absolute atomic E-state index is 0.175. The third kappa shape index (κ3) is 2.95. The maximum absolute atomic E-state index is 12.4. The number of rotatable bonds is 2. The minimum Gasteiger partial charge on any atom is -0.308 e. The van der Waals surface area contributed by atoms with Gasteiger partial charge in [-0.1, -0.05) is 0 Å². The number of halogens is 3. The molecule has 2 rings (SSSR count). The SMILES string of the molecule is O=[N+]([O-])C1CNCCN1c1ccc(C(F)(F)F)cc1. The van der Waals surface area contributed by atoms with Crippen LogP contribution < -0.4 is 10.2 Å². The second-order valence-corrected chi connectivity index (χ2v) is 4.21. The predicted octanol–water partition coefficient (Wildman–Crippen LogP) is 1.72. The summed E-state index contributed by atoms with van der Waals surface area (Å²) in [5, 5.41) is 13.8. The third-order valence-electron chi connectivity index (χ3n) is 2.99. The first-order valence-corrected chi connectivity index (χ1v) is 5.68. The van der Waals surface area contributed by atoms with Crippen LogP contribution in [-0.4, -0.2) is 30.7 Å². The lowest BCUT2D eigenvalue weighted by Crippen LogP contribution is -2.55. The van der Waals surface area contributed by atoms with Crippen molar-refractivity contribution in [1.82, 2.24) is 5.32 Å². The molecule has 1 fully saturated rings. The summed E-state index contributed by atoms with van der Waals surface area (Å²) in [6, 6.07) is 4.41. The summed E-state index contributed by atoms with van der Waals surface area (Å²) in [6.45, 7) is 1.12. The largest absolute Gasteiger partial charge is 0.416 e. The molecule has 0 bridgehead atoms. The zero-order valence-electron chi connectivity index (χ0n) is 9.85. The number of piperazine rings is 1. The van der Waals surface area contributed by atoms with Crippen molar-refractivity contribution >= 4 is 5.69 Å². The lowest BCUT2D eigenvalue weighted by atomic mass is 10.1. The Labute approximate surface area is 107 Å². The molecule has 1 aromatic rings. The van der Waals surface area contributed by atoms with Gasteiger partial charge >= 0.3 is 6.18 Å². The summed E-state index contributed by atoms with van der Waals surface area (Å²) < 4.78 is 37.3. The molecule has 0 aliphatic carbocycles. The van der Waals surface area contributed by atoms with Crippen molar-refractivity contribution in [3.05, 3.63) is 39.9 Å². The molecule has 1 aliphatic heterocycles. The van der Waals surface area contributed by atoms with E-state index in [2.05, 4.69) is 5.32 Å². The molecule has 0 spiro atoms. The Morgan fingerprint density at radius 2 is 1.95 bits per heavy atom. The van der Waals surface area contributed by atoms with E-state index in [1.54, 1.807) is 0 Å². The van der Waals surface area contributed by atoms with Crippen LogP contribution in [0.5, 0.6) is 0 Å². The van der Waals surface area contributed by atoms with Gasteiger partial charge in [-0.3, -0.25) is 10.1 Å². The normalized spacial score (nSPS) is 20.4. The lowest BCUT2D eigenvalue weighted by molar-refractivity contribution is -0.520. The molecule has 1 N–H and O–H groups in total. The van der Waals surface area contributed by atoms with Crippen LogP contribution >= 0.6 is 0 Å². The Bertz CT molecular complexity index is 461. The van der Waals surface area contributed by atoms with Gasteiger partial charge in [0, 0.05) is 23.7 Å². The van der Waals surface area contributed by atoms with Crippen molar-refractivity contribution in [2.45, 2.75) is 12.3 Å². The molecule has 0 radical (unpaired) electrons. The van der Waals surface area contributed by atoms with E-state index in [1.165, 1.54) is 17.0 Å². The van der Waals surface area contributed by atoms with Gasteiger partial charge in [-0.15, -0.1) is 0 Å². The highest BCUT2D eigenvalue weighted by Gasteiger charge is 2.33. The fourth-order valence-electron chi connectivity index (χ4n) is 2.02. The smallest absolute Gasteiger partial charge is 0.308 e. The molecule has 1 atom stereocenters. The summed E-state index contributed by atoms with van der Waals surface area (Å²) in [6.07, 6.45) is -5.35. The quantitative estimate of drug-likeness (QED) is 0.659. The summed E-state index contributed by atoms with van der Waals surface area (Å²) in [7, 11) is 0. The second-order valence-electron chi connectivity index (χ2n) is 4.21. The highest BCUT2D eigenvalue weighted by atomic mass is 19.4. The lowest BCUT2D eigenvalue weighted by Gasteiger charge is -2.32. The Balaban J connectivity index is 2.23. The van der Waals surface area contributed by atoms with Crippen molar-refractivity contribution in [2.24, 2.45) is 0 Å². The number of hydrogen-bond acceptors (Lipinski definition) is 4. The Morgan fingerprint density at radius 1 is 1.32 bits per heavy atom. The van der Waals surface area contributed by atoms with Crippen LogP contribution in [0.15, 0.2) is 24.3 Å². The highest BCUT2D eigenvalue weighted by Crippen LogP contribution is 2.31. The Kier molecular flexibility index (Phi) is 3.61. The molecular formula is C11H12F3N3O2. The van der Waals surface area contributed by atoms with E-state index in [-0.39, 0.29) is 6.54 Å². The average Bonchev–Trinajstić information content (AvgIpc) is 2.38. The highest BCUT2D eigenvalue weighted by molar-refractivity contribution is 5.49. The van der Waals surface area contributed by atoms with Crippen LogP contribution in [0.3, 0.4) is 0 Å². The van der Waals surface area contributed by atoms with Gasteiger partial charge in [-0.25, -0.2) is 0 Å². The summed E-state index contributed by atoms with van der Waals surface area (Å²) in [4.78, 5) is 12.0. The van der Waals surface area contributed by atoms with E-state index in [4.69, 9.17) is 0 Å². The molecular weight excluding hydrogens is 263 g/mol. The van der Waals surface area contributed by atoms with Gasteiger partial charge in [0.25, 0.3) is 6.17 Å². The fourth-order valence-corrected chi connectivity index (χ4v) is 2.02. The van der Waals surface area contributed by atoms with Crippen molar-refractivity contribution in [1.29, 1.82) is 0 Å². The summed E-state index contributed by atoms with van der Waals surface area (Å²) >= 11 is 0. The van der Waals surface area contributed by atoms with E-state index in [1.807, 2.05) is 0 Å². The first-order valence-electron chi connectivity index (χ1n) is 5.68. The van der Waals surface area contributed by atoms with Crippen molar-refractivity contribution < 1.29 is 18.1 Å². The van der Waals surface area contributed by atoms with Gasteiger partial charge in [0.05, 0.1) is 12.1 Å². The van der Waals surface area contributed by atoms with E-state index >= 15 is 0 Å². The number of nitrogens with zero attached hydrogens (tertiary/aromatic N) is 2. The topological polar surface area (TPSA) is 58.4 Å². The number of nitrogens with one attached hydrogen (secondary N) is 1. The monoisotopic (exact) mass is 275 g/mol. The van der Waals surface area contributed by atoms with E-state index in [0.717, 1.165) is 12.1 Å². The molecule has 0 aromatic heterocycles. The standard InChI is InChI=1S/C11H12F3N3O2/c12-11(13,14)8-1-3-9(4-2-8)16-6-5-15-7-10(16)17(18)19/h1-4,10,15H,5-7H2. The fraction of sp³-hybridized carbons (Fsp3) is 0.455. The van der Waals surface area contributed by atoms with Gasteiger partial charge in [-0.05, 0) is 24.3 Å². The maximum atomic E-state index is 12.4. The third-order valence-corrected chi connectivity index (χ3v) is 2.99. The first kappa shape index (κ1) is 13.6. The Hall–Kier alpha value is -1.83. The van der Waals surface area contributed by atoms with E-state index < -0.39 is 22.8 Å². The molecule has 19 heavy (non-hydrogen) atoms. The van der Waals surface area contributed by atoms with Gasteiger partial charge in [0.1, 0.15) is 0 Å². The number of anilines is 1. The molecule has 1 saturated heterocycles. The molecule has 5 nitrogen and oxygen atoms in total.